The third-order valence-corrected chi connectivity index (χ3v) is 3.57. The molecule has 6 heteroatoms. The zero-order chi connectivity index (χ0) is 18.1. The lowest BCUT2D eigenvalue weighted by Gasteiger charge is -2.15. The number of carbonyl (C=O) groups excluding carboxylic acids is 1. The molecule has 0 aliphatic rings. The Bertz CT molecular complexity index is 702. The van der Waals surface area contributed by atoms with Crippen LogP contribution < -0.4 is 10.1 Å². The number of carboxylic acid groups (broad SMARTS) is 1. The predicted octanol–water partition coefficient (Wildman–Crippen LogP) is 2.34. The number of benzene rings is 2. The van der Waals surface area contributed by atoms with Crippen molar-refractivity contribution in [2.24, 2.45) is 0 Å². The van der Waals surface area contributed by atoms with Crippen LogP contribution in [0.4, 0.5) is 0 Å². The van der Waals surface area contributed by atoms with Crippen molar-refractivity contribution in [3.63, 3.8) is 0 Å². The van der Waals surface area contributed by atoms with Gasteiger partial charge < -0.3 is 19.9 Å². The molecule has 0 radical (unpaired) electrons. The van der Waals surface area contributed by atoms with Crippen molar-refractivity contribution in [2.45, 2.75) is 12.5 Å². The Morgan fingerprint density at radius 1 is 1.08 bits per heavy atom. The number of methoxy groups -OCH3 is 1. The highest BCUT2D eigenvalue weighted by Gasteiger charge is 2.20. The molecule has 1 amide bonds. The molecular weight excluding hydrogens is 322 g/mol. The zero-order valence-corrected chi connectivity index (χ0v) is 14.0. The molecule has 1 atom stereocenters. The number of para-hydroxylation sites is 1. The number of rotatable bonds is 9. The third kappa shape index (κ3) is 5.61. The quantitative estimate of drug-likeness (QED) is 0.730. The predicted molar refractivity (Wildman–Crippen MR) is 93.4 cm³/mol. The van der Waals surface area contributed by atoms with Gasteiger partial charge in [0.25, 0.3) is 5.91 Å². The number of ether oxygens (including phenoxy) is 2. The second kappa shape index (κ2) is 9.44. The van der Waals surface area contributed by atoms with E-state index in [2.05, 4.69) is 5.32 Å². The van der Waals surface area contributed by atoms with Gasteiger partial charge in [0.2, 0.25) is 0 Å². The lowest BCUT2D eigenvalue weighted by molar-refractivity contribution is -0.142. The zero-order valence-electron chi connectivity index (χ0n) is 14.0. The van der Waals surface area contributed by atoms with Crippen molar-refractivity contribution < 1.29 is 24.2 Å². The van der Waals surface area contributed by atoms with E-state index in [4.69, 9.17) is 14.6 Å². The maximum absolute atomic E-state index is 12.0. The molecule has 6 nitrogen and oxygen atoms in total. The van der Waals surface area contributed by atoms with Crippen molar-refractivity contribution >= 4 is 11.9 Å². The average molecular weight is 343 g/mol. The van der Waals surface area contributed by atoms with Crippen LogP contribution in [-0.2, 0) is 14.3 Å². The van der Waals surface area contributed by atoms with Crippen LogP contribution in [0.15, 0.2) is 54.6 Å². The van der Waals surface area contributed by atoms with E-state index in [1.54, 1.807) is 6.07 Å². The Kier molecular flexibility index (Phi) is 6.98. The van der Waals surface area contributed by atoms with Gasteiger partial charge in [0, 0.05) is 25.7 Å². The largest absolute Gasteiger partial charge is 0.483 e. The van der Waals surface area contributed by atoms with Gasteiger partial charge >= 0.3 is 5.97 Å². The maximum Gasteiger partial charge on any atom is 0.326 e. The molecule has 0 spiro atoms. The van der Waals surface area contributed by atoms with Crippen LogP contribution in [0, 0.1) is 0 Å². The summed E-state index contributed by atoms with van der Waals surface area (Å²) in [6.45, 7) is -0.0183. The van der Waals surface area contributed by atoms with Crippen molar-refractivity contribution in [1.29, 1.82) is 0 Å². The van der Waals surface area contributed by atoms with Gasteiger partial charge in [0.05, 0.1) is 0 Å². The molecular formula is C19H21NO5. The molecule has 0 aromatic heterocycles. The smallest absolute Gasteiger partial charge is 0.326 e. The summed E-state index contributed by atoms with van der Waals surface area (Å²) in [5, 5.41) is 11.6. The van der Waals surface area contributed by atoms with E-state index < -0.39 is 17.9 Å². The van der Waals surface area contributed by atoms with Gasteiger partial charge in [-0.15, -0.1) is 0 Å². The molecule has 2 aromatic carbocycles. The Balaban J connectivity index is 1.99. The normalized spacial score (nSPS) is 11.6. The number of hydrogen-bond donors (Lipinski definition) is 2. The van der Waals surface area contributed by atoms with Crippen molar-refractivity contribution in [1.82, 2.24) is 5.32 Å². The summed E-state index contributed by atoms with van der Waals surface area (Å²) >= 11 is 0. The van der Waals surface area contributed by atoms with Gasteiger partial charge in [0.1, 0.15) is 11.8 Å². The van der Waals surface area contributed by atoms with Crippen LogP contribution in [0.5, 0.6) is 5.75 Å². The molecule has 0 aliphatic carbocycles. The first-order chi connectivity index (χ1) is 12.1. The molecule has 2 rings (SSSR count). The molecule has 0 fully saturated rings. The van der Waals surface area contributed by atoms with E-state index in [9.17, 15) is 9.59 Å². The SMILES string of the molecule is COCCC(NC(=O)COc1ccccc1-c1ccccc1)C(=O)O. The van der Waals surface area contributed by atoms with Crippen LogP contribution in [0.25, 0.3) is 11.1 Å². The lowest BCUT2D eigenvalue weighted by atomic mass is 10.1. The lowest BCUT2D eigenvalue weighted by Crippen LogP contribution is -2.43. The van der Waals surface area contributed by atoms with Crippen molar-refractivity contribution in [2.75, 3.05) is 20.3 Å². The first-order valence-electron chi connectivity index (χ1n) is 7.90. The van der Waals surface area contributed by atoms with E-state index in [1.807, 2.05) is 48.5 Å². The molecule has 25 heavy (non-hydrogen) atoms. The number of amides is 1. The van der Waals surface area contributed by atoms with E-state index in [0.717, 1.165) is 11.1 Å². The fourth-order valence-corrected chi connectivity index (χ4v) is 2.32. The van der Waals surface area contributed by atoms with Gasteiger partial charge in [0.15, 0.2) is 6.61 Å². The van der Waals surface area contributed by atoms with Crippen molar-refractivity contribution in [3.05, 3.63) is 54.6 Å². The Labute approximate surface area is 146 Å². The third-order valence-electron chi connectivity index (χ3n) is 3.57. The minimum atomic E-state index is -1.10. The number of carboxylic acids is 1. The first-order valence-corrected chi connectivity index (χ1v) is 7.90. The van der Waals surface area contributed by atoms with Crippen LogP contribution in [0.2, 0.25) is 0 Å². The Morgan fingerprint density at radius 3 is 2.44 bits per heavy atom. The summed E-state index contributed by atoms with van der Waals surface area (Å²) in [6.07, 6.45) is 0.193. The molecule has 132 valence electrons. The summed E-state index contributed by atoms with van der Waals surface area (Å²) in [7, 11) is 1.48. The van der Waals surface area contributed by atoms with Gasteiger partial charge in [-0.3, -0.25) is 4.79 Å². The fourth-order valence-electron chi connectivity index (χ4n) is 2.32. The fraction of sp³-hybridized carbons (Fsp3) is 0.263. The number of hydrogen-bond acceptors (Lipinski definition) is 4. The summed E-state index contributed by atoms with van der Waals surface area (Å²) in [6, 6.07) is 16.1. The van der Waals surface area contributed by atoms with Gasteiger partial charge in [-0.25, -0.2) is 4.79 Å². The average Bonchev–Trinajstić information content (AvgIpc) is 2.64. The van der Waals surface area contributed by atoms with Crippen LogP contribution in [0.1, 0.15) is 6.42 Å². The Morgan fingerprint density at radius 2 is 1.76 bits per heavy atom. The summed E-state index contributed by atoms with van der Waals surface area (Å²) in [5.41, 5.74) is 1.84. The van der Waals surface area contributed by atoms with Gasteiger partial charge in [-0.1, -0.05) is 48.5 Å². The minimum absolute atomic E-state index is 0.193. The molecule has 0 saturated carbocycles. The highest BCUT2D eigenvalue weighted by Crippen LogP contribution is 2.29. The molecule has 1 unspecified atom stereocenters. The Hall–Kier alpha value is -2.86. The first kappa shape index (κ1) is 18.5. The molecule has 0 heterocycles. The molecule has 2 aromatic rings. The summed E-state index contributed by atoms with van der Waals surface area (Å²) in [4.78, 5) is 23.1. The maximum atomic E-state index is 12.0. The minimum Gasteiger partial charge on any atom is -0.483 e. The van der Waals surface area contributed by atoms with E-state index in [-0.39, 0.29) is 19.6 Å². The van der Waals surface area contributed by atoms with Gasteiger partial charge in [-0.2, -0.15) is 0 Å². The number of carbonyl (C=O) groups is 2. The van der Waals surface area contributed by atoms with E-state index in [0.29, 0.717) is 5.75 Å². The monoisotopic (exact) mass is 343 g/mol. The number of nitrogens with one attached hydrogen (secondary N) is 1. The highest BCUT2D eigenvalue weighted by atomic mass is 16.5. The second-order valence-corrected chi connectivity index (χ2v) is 5.39. The number of aliphatic carboxylic acids is 1. The standard InChI is InChI=1S/C19H21NO5/c1-24-12-11-16(19(22)23)20-18(21)13-25-17-10-6-5-9-15(17)14-7-3-2-4-8-14/h2-10,16H,11-13H2,1H3,(H,20,21)(H,22,23). The second-order valence-electron chi connectivity index (χ2n) is 5.39. The molecule has 2 N–H and O–H groups in total. The highest BCUT2D eigenvalue weighted by molar-refractivity contribution is 5.84. The topological polar surface area (TPSA) is 84.9 Å². The van der Waals surface area contributed by atoms with Crippen LogP contribution in [0.3, 0.4) is 0 Å². The van der Waals surface area contributed by atoms with Crippen LogP contribution >= 0.6 is 0 Å². The molecule has 0 saturated heterocycles. The van der Waals surface area contributed by atoms with Gasteiger partial charge in [-0.05, 0) is 11.6 Å². The molecule has 0 bridgehead atoms. The van der Waals surface area contributed by atoms with Crippen LogP contribution in [-0.4, -0.2) is 43.3 Å². The summed E-state index contributed by atoms with van der Waals surface area (Å²) < 4.78 is 10.5. The molecule has 0 aliphatic heterocycles. The van der Waals surface area contributed by atoms with Crippen molar-refractivity contribution in [3.8, 4) is 16.9 Å². The van der Waals surface area contributed by atoms with E-state index >= 15 is 0 Å². The van der Waals surface area contributed by atoms with E-state index in [1.165, 1.54) is 7.11 Å². The summed E-state index contributed by atoms with van der Waals surface area (Å²) in [5.74, 6) is -1.03.